The maximum Gasteiger partial charge on any atom is 0.183 e. The Balaban J connectivity index is 1.65. The van der Waals surface area contributed by atoms with Crippen LogP contribution in [0, 0.1) is 6.92 Å². The van der Waals surface area contributed by atoms with Gasteiger partial charge in [0, 0.05) is 6.54 Å². The number of hydrogen-bond acceptors (Lipinski definition) is 3. The molecular weight excluding hydrogens is 252 g/mol. The van der Waals surface area contributed by atoms with Gasteiger partial charge in [0.15, 0.2) is 5.13 Å². The van der Waals surface area contributed by atoms with E-state index in [0.717, 1.165) is 23.6 Å². The number of anilines is 1. The number of hydrogen-bond donors (Lipinski definition) is 1. The molecule has 1 aromatic heterocycles. The second kappa shape index (κ2) is 5.41. The average Bonchev–Trinajstić information content (AvgIpc) is 2.82. The molecule has 0 aliphatic carbocycles. The molecule has 1 heterocycles. The molecule has 0 radical (unpaired) electrons. The van der Waals surface area contributed by atoms with Crippen molar-refractivity contribution in [2.24, 2.45) is 0 Å². The van der Waals surface area contributed by atoms with Gasteiger partial charge in [-0.1, -0.05) is 47.7 Å². The van der Waals surface area contributed by atoms with E-state index in [4.69, 9.17) is 0 Å². The lowest BCUT2D eigenvalue weighted by atomic mass is 10.1. The molecule has 0 unspecified atom stereocenters. The monoisotopic (exact) mass is 268 g/mol. The first-order chi connectivity index (χ1) is 9.31. The zero-order chi connectivity index (χ0) is 13.1. The van der Waals surface area contributed by atoms with Gasteiger partial charge in [-0.25, -0.2) is 4.98 Å². The van der Waals surface area contributed by atoms with Crippen LogP contribution in [0.4, 0.5) is 5.13 Å². The number of benzene rings is 2. The number of nitrogens with one attached hydrogen (secondary N) is 1. The first-order valence-electron chi connectivity index (χ1n) is 6.46. The molecule has 3 rings (SSSR count). The molecule has 0 aliphatic rings. The average molecular weight is 268 g/mol. The second-order valence-corrected chi connectivity index (χ2v) is 5.68. The standard InChI is InChI=1S/C16H16N2S/c1-12-7-8-14-15(11-12)19-16(18-14)17-10-9-13-5-3-2-4-6-13/h2-8,11H,9-10H2,1H3,(H,17,18). The lowest BCUT2D eigenvalue weighted by Gasteiger charge is -2.02. The van der Waals surface area contributed by atoms with E-state index in [0.29, 0.717) is 0 Å². The van der Waals surface area contributed by atoms with Gasteiger partial charge in [0.05, 0.1) is 10.2 Å². The van der Waals surface area contributed by atoms with Crippen LogP contribution in [-0.2, 0) is 6.42 Å². The van der Waals surface area contributed by atoms with E-state index in [1.54, 1.807) is 11.3 Å². The van der Waals surface area contributed by atoms with Crippen LogP contribution in [0.5, 0.6) is 0 Å². The normalized spacial score (nSPS) is 10.8. The van der Waals surface area contributed by atoms with Crippen LogP contribution in [0.25, 0.3) is 10.2 Å². The molecule has 0 saturated carbocycles. The van der Waals surface area contributed by atoms with Crippen LogP contribution >= 0.6 is 11.3 Å². The first-order valence-corrected chi connectivity index (χ1v) is 7.28. The predicted molar refractivity (Wildman–Crippen MR) is 83.0 cm³/mol. The summed E-state index contributed by atoms with van der Waals surface area (Å²) in [6.45, 7) is 3.03. The number of aromatic nitrogens is 1. The third kappa shape index (κ3) is 2.93. The Morgan fingerprint density at radius 3 is 2.79 bits per heavy atom. The number of fused-ring (bicyclic) bond motifs is 1. The van der Waals surface area contributed by atoms with Gasteiger partial charge in [-0.3, -0.25) is 0 Å². The minimum absolute atomic E-state index is 0.919. The van der Waals surface area contributed by atoms with E-state index >= 15 is 0 Å². The van der Waals surface area contributed by atoms with E-state index in [2.05, 4.69) is 59.7 Å². The van der Waals surface area contributed by atoms with Crippen LogP contribution in [0.1, 0.15) is 11.1 Å². The molecular formula is C16H16N2S. The third-order valence-electron chi connectivity index (χ3n) is 3.08. The summed E-state index contributed by atoms with van der Waals surface area (Å²) in [6, 6.07) is 16.9. The smallest absolute Gasteiger partial charge is 0.183 e. The van der Waals surface area contributed by atoms with Gasteiger partial charge in [0.1, 0.15) is 0 Å². The largest absolute Gasteiger partial charge is 0.361 e. The number of thiazole rings is 1. The highest BCUT2D eigenvalue weighted by molar-refractivity contribution is 7.22. The van der Waals surface area contributed by atoms with Crippen LogP contribution in [0.2, 0.25) is 0 Å². The Kier molecular flexibility index (Phi) is 3.47. The summed E-state index contributed by atoms with van der Waals surface area (Å²) in [5.41, 5.74) is 3.72. The van der Waals surface area contributed by atoms with Gasteiger partial charge in [-0.15, -0.1) is 0 Å². The Labute approximate surface area is 117 Å². The van der Waals surface area contributed by atoms with E-state index in [-0.39, 0.29) is 0 Å². The van der Waals surface area contributed by atoms with Gasteiger partial charge >= 0.3 is 0 Å². The fraction of sp³-hybridized carbons (Fsp3) is 0.188. The molecule has 0 spiro atoms. The van der Waals surface area contributed by atoms with Crippen molar-refractivity contribution in [1.29, 1.82) is 0 Å². The fourth-order valence-corrected chi connectivity index (χ4v) is 3.06. The van der Waals surface area contributed by atoms with E-state index < -0.39 is 0 Å². The molecule has 2 nitrogen and oxygen atoms in total. The van der Waals surface area contributed by atoms with E-state index in [9.17, 15) is 0 Å². The number of aryl methyl sites for hydroxylation is 1. The highest BCUT2D eigenvalue weighted by atomic mass is 32.1. The molecule has 3 aromatic rings. The van der Waals surface area contributed by atoms with Crippen molar-refractivity contribution in [3.8, 4) is 0 Å². The molecule has 0 amide bonds. The summed E-state index contributed by atoms with van der Waals surface area (Å²) in [5.74, 6) is 0. The minimum Gasteiger partial charge on any atom is -0.361 e. The van der Waals surface area contributed by atoms with E-state index in [1.807, 2.05) is 6.07 Å². The minimum atomic E-state index is 0.919. The second-order valence-electron chi connectivity index (χ2n) is 4.65. The van der Waals surface area contributed by atoms with Gasteiger partial charge in [0.25, 0.3) is 0 Å². The number of rotatable bonds is 4. The lowest BCUT2D eigenvalue weighted by Crippen LogP contribution is -2.04. The van der Waals surface area contributed by atoms with Crippen molar-refractivity contribution in [2.45, 2.75) is 13.3 Å². The van der Waals surface area contributed by atoms with Gasteiger partial charge in [0.2, 0.25) is 0 Å². The molecule has 0 atom stereocenters. The molecule has 0 saturated heterocycles. The predicted octanol–water partition coefficient (Wildman–Crippen LogP) is 4.26. The molecule has 0 fully saturated rings. The fourth-order valence-electron chi connectivity index (χ4n) is 2.07. The molecule has 1 N–H and O–H groups in total. The summed E-state index contributed by atoms with van der Waals surface area (Å²) in [6.07, 6.45) is 1.02. The van der Waals surface area contributed by atoms with E-state index in [1.165, 1.54) is 15.8 Å². The van der Waals surface area contributed by atoms with Crippen molar-refractivity contribution >= 4 is 26.7 Å². The summed E-state index contributed by atoms with van der Waals surface area (Å²) in [5, 5.41) is 4.42. The van der Waals surface area contributed by atoms with Crippen molar-refractivity contribution in [1.82, 2.24) is 4.98 Å². The zero-order valence-electron chi connectivity index (χ0n) is 10.9. The lowest BCUT2D eigenvalue weighted by molar-refractivity contribution is 1.02. The highest BCUT2D eigenvalue weighted by Crippen LogP contribution is 2.26. The maximum absolute atomic E-state index is 4.59. The quantitative estimate of drug-likeness (QED) is 0.764. The Hall–Kier alpha value is -1.87. The number of nitrogens with zero attached hydrogens (tertiary/aromatic N) is 1. The van der Waals surface area contributed by atoms with Crippen molar-refractivity contribution < 1.29 is 0 Å². The molecule has 2 aromatic carbocycles. The molecule has 0 bridgehead atoms. The zero-order valence-corrected chi connectivity index (χ0v) is 11.7. The molecule has 19 heavy (non-hydrogen) atoms. The topological polar surface area (TPSA) is 24.9 Å². The van der Waals surface area contributed by atoms with Crippen molar-refractivity contribution in [3.63, 3.8) is 0 Å². The first kappa shape index (κ1) is 12.2. The van der Waals surface area contributed by atoms with Crippen LogP contribution in [-0.4, -0.2) is 11.5 Å². The van der Waals surface area contributed by atoms with Crippen molar-refractivity contribution in [3.05, 3.63) is 59.7 Å². The van der Waals surface area contributed by atoms with Crippen molar-refractivity contribution in [2.75, 3.05) is 11.9 Å². The highest BCUT2D eigenvalue weighted by Gasteiger charge is 2.03. The molecule has 96 valence electrons. The van der Waals surface area contributed by atoms with Crippen LogP contribution in [0.3, 0.4) is 0 Å². The van der Waals surface area contributed by atoms with Crippen LogP contribution < -0.4 is 5.32 Å². The summed E-state index contributed by atoms with van der Waals surface area (Å²) >= 11 is 1.72. The Morgan fingerprint density at radius 2 is 1.95 bits per heavy atom. The summed E-state index contributed by atoms with van der Waals surface area (Å²) in [7, 11) is 0. The van der Waals surface area contributed by atoms with Gasteiger partial charge < -0.3 is 5.32 Å². The third-order valence-corrected chi connectivity index (χ3v) is 4.05. The molecule has 0 aliphatic heterocycles. The van der Waals surface area contributed by atoms with Gasteiger partial charge in [-0.05, 0) is 36.6 Å². The summed E-state index contributed by atoms with van der Waals surface area (Å²) in [4.78, 5) is 4.59. The van der Waals surface area contributed by atoms with Crippen LogP contribution in [0.15, 0.2) is 48.5 Å². The van der Waals surface area contributed by atoms with Gasteiger partial charge in [-0.2, -0.15) is 0 Å². The Morgan fingerprint density at radius 1 is 1.11 bits per heavy atom. The maximum atomic E-state index is 4.59. The summed E-state index contributed by atoms with van der Waals surface area (Å²) < 4.78 is 1.25. The molecule has 3 heteroatoms. The SMILES string of the molecule is Cc1ccc2nc(NCCc3ccccc3)sc2c1. The Bertz CT molecular complexity index is 674.